The number of aryl methyl sites for hydroxylation is 2. The second-order valence-corrected chi connectivity index (χ2v) is 5.89. The number of rotatable bonds is 8. The highest BCUT2D eigenvalue weighted by molar-refractivity contribution is 5.15. The molecule has 0 bridgehead atoms. The first-order valence-corrected chi connectivity index (χ1v) is 9.94. The maximum atomic E-state index is 2.24. The molecule has 0 saturated carbocycles. The molecule has 24 heavy (non-hydrogen) atoms. The minimum absolute atomic E-state index is 1.24. The van der Waals surface area contributed by atoms with E-state index in [0.717, 1.165) is 0 Å². The largest absolute Gasteiger partial charge is 0.0683 e. The Kier molecular flexibility index (Phi) is 16.6. The van der Waals surface area contributed by atoms with Crippen molar-refractivity contribution in [3.8, 4) is 0 Å². The second kappa shape index (κ2) is 17.8. The molecule has 0 spiro atoms. The van der Waals surface area contributed by atoms with Crippen molar-refractivity contribution in [3.63, 3.8) is 0 Å². The van der Waals surface area contributed by atoms with Crippen LogP contribution in [0, 0.1) is 0 Å². The van der Waals surface area contributed by atoms with E-state index < -0.39 is 0 Å². The average molecular weight is 327 g/mol. The fourth-order valence-corrected chi connectivity index (χ4v) is 2.45. The first-order valence-electron chi connectivity index (χ1n) is 9.94. The predicted octanol–water partition coefficient (Wildman–Crippen LogP) is 7.86. The van der Waals surface area contributed by atoms with E-state index in [-0.39, 0.29) is 0 Å². The summed E-state index contributed by atoms with van der Waals surface area (Å²) in [6.07, 6.45) is 10.5. The van der Waals surface area contributed by atoms with Gasteiger partial charge in [0, 0.05) is 0 Å². The molecule has 0 fully saturated rings. The van der Waals surface area contributed by atoms with Gasteiger partial charge in [0.2, 0.25) is 0 Å². The van der Waals surface area contributed by atoms with Gasteiger partial charge in [0.25, 0.3) is 0 Å². The summed E-state index contributed by atoms with van der Waals surface area (Å²) in [5.74, 6) is 0. The van der Waals surface area contributed by atoms with Gasteiger partial charge in [0.05, 0.1) is 0 Å². The van der Waals surface area contributed by atoms with E-state index >= 15 is 0 Å². The van der Waals surface area contributed by atoms with Crippen LogP contribution in [0.3, 0.4) is 0 Å². The molecule has 0 aliphatic carbocycles. The van der Waals surface area contributed by atoms with Gasteiger partial charge in [0.15, 0.2) is 0 Å². The van der Waals surface area contributed by atoms with Crippen LogP contribution in [0.2, 0.25) is 0 Å². The summed E-state index contributed by atoms with van der Waals surface area (Å²) in [6, 6.07) is 21.4. The van der Waals surface area contributed by atoms with Crippen LogP contribution in [0.1, 0.15) is 77.3 Å². The summed E-state index contributed by atoms with van der Waals surface area (Å²) in [5, 5.41) is 0. The van der Waals surface area contributed by atoms with Crippen molar-refractivity contribution < 1.29 is 0 Å². The molecule has 2 aromatic carbocycles. The van der Waals surface area contributed by atoms with Crippen molar-refractivity contribution in [2.45, 2.75) is 79.1 Å². The van der Waals surface area contributed by atoms with E-state index in [4.69, 9.17) is 0 Å². The third-order valence-electron chi connectivity index (χ3n) is 3.82. The van der Waals surface area contributed by atoms with Crippen molar-refractivity contribution in [1.82, 2.24) is 0 Å². The molecule has 0 radical (unpaired) electrons. The minimum Gasteiger partial charge on any atom is -0.0683 e. The normalized spacial score (nSPS) is 9.33. The molecule has 0 saturated heterocycles. The van der Waals surface area contributed by atoms with Crippen LogP contribution in [0.4, 0.5) is 0 Å². The molecule has 0 aromatic heterocycles. The molecule has 0 unspecified atom stereocenters. The van der Waals surface area contributed by atoms with Crippen molar-refractivity contribution >= 4 is 0 Å². The zero-order valence-corrected chi connectivity index (χ0v) is 16.4. The Labute approximate surface area is 151 Å². The van der Waals surface area contributed by atoms with Crippen LogP contribution >= 0.6 is 0 Å². The van der Waals surface area contributed by atoms with Crippen molar-refractivity contribution in [2.75, 3.05) is 0 Å². The smallest absolute Gasteiger partial charge is 0.0279 e. The molecule has 0 heterocycles. The minimum atomic E-state index is 1.24. The maximum absolute atomic E-state index is 2.24. The van der Waals surface area contributed by atoms with Crippen LogP contribution in [-0.4, -0.2) is 0 Å². The Morgan fingerprint density at radius 3 is 1.12 bits per heavy atom. The van der Waals surface area contributed by atoms with Crippen molar-refractivity contribution in [1.29, 1.82) is 0 Å². The van der Waals surface area contributed by atoms with Crippen LogP contribution in [0.15, 0.2) is 60.7 Å². The maximum Gasteiger partial charge on any atom is -0.0279 e. The Morgan fingerprint density at radius 1 is 0.500 bits per heavy atom. The van der Waals surface area contributed by atoms with Gasteiger partial charge < -0.3 is 0 Å². The number of unbranched alkanes of at least 4 members (excludes halogenated alkanes) is 4. The summed E-state index contributed by atoms with van der Waals surface area (Å²) in [4.78, 5) is 0. The molecule has 2 aromatic rings. The Bertz CT molecular complexity index is 398. The summed E-state index contributed by atoms with van der Waals surface area (Å²) < 4.78 is 0. The van der Waals surface area contributed by atoms with E-state index in [9.17, 15) is 0 Å². The Balaban J connectivity index is 0.000000400. The van der Waals surface area contributed by atoms with E-state index in [2.05, 4.69) is 74.5 Å². The lowest BCUT2D eigenvalue weighted by molar-refractivity contribution is 0.717. The monoisotopic (exact) mass is 326 g/mol. The van der Waals surface area contributed by atoms with Gasteiger partial charge in [0.1, 0.15) is 0 Å². The first kappa shape index (κ1) is 22.4. The van der Waals surface area contributed by atoms with Gasteiger partial charge in [-0.25, -0.2) is 0 Å². The fraction of sp³-hybridized carbons (Fsp3) is 0.500. The number of hydrogen-bond acceptors (Lipinski definition) is 0. The van der Waals surface area contributed by atoms with Crippen molar-refractivity contribution in [2.24, 2.45) is 0 Å². The molecule has 2 rings (SSSR count). The van der Waals surface area contributed by atoms with E-state index in [1.54, 1.807) is 0 Å². The van der Waals surface area contributed by atoms with Gasteiger partial charge in [-0.2, -0.15) is 0 Å². The van der Waals surface area contributed by atoms with Gasteiger partial charge in [-0.3, -0.25) is 0 Å². The zero-order chi connectivity index (χ0) is 17.9. The van der Waals surface area contributed by atoms with Crippen LogP contribution in [0.25, 0.3) is 0 Å². The fourth-order valence-electron chi connectivity index (χ4n) is 2.45. The lowest BCUT2D eigenvalue weighted by Gasteiger charge is -1.98. The molecule has 0 aliphatic heterocycles. The summed E-state index contributed by atoms with van der Waals surface area (Å²) >= 11 is 0. The van der Waals surface area contributed by atoms with Crippen LogP contribution in [-0.2, 0) is 12.8 Å². The summed E-state index contributed by atoms with van der Waals surface area (Å²) in [6.45, 7) is 8.48. The molecule has 0 heteroatoms. The Morgan fingerprint density at radius 2 is 0.833 bits per heavy atom. The topological polar surface area (TPSA) is 0 Å². The van der Waals surface area contributed by atoms with E-state index in [1.165, 1.54) is 62.5 Å². The molecule has 0 N–H and O–H groups in total. The number of benzene rings is 2. The molecule has 134 valence electrons. The quantitative estimate of drug-likeness (QED) is 0.433. The Hall–Kier alpha value is -1.56. The SMILES string of the molecule is CC.CCCCCc1ccccc1.CCCCCc1ccccc1. The van der Waals surface area contributed by atoms with Crippen LogP contribution in [0.5, 0.6) is 0 Å². The second-order valence-electron chi connectivity index (χ2n) is 5.89. The third-order valence-corrected chi connectivity index (χ3v) is 3.82. The van der Waals surface area contributed by atoms with Gasteiger partial charge >= 0.3 is 0 Å². The highest BCUT2D eigenvalue weighted by Gasteiger charge is 1.90. The summed E-state index contributed by atoms with van der Waals surface area (Å²) in [7, 11) is 0. The van der Waals surface area contributed by atoms with Gasteiger partial charge in [-0.1, -0.05) is 114 Å². The first-order chi connectivity index (χ1) is 11.9. The van der Waals surface area contributed by atoms with E-state index in [0.29, 0.717) is 0 Å². The zero-order valence-electron chi connectivity index (χ0n) is 16.4. The molecular weight excluding hydrogens is 288 g/mol. The molecule has 0 atom stereocenters. The van der Waals surface area contributed by atoms with Gasteiger partial charge in [-0.15, -0.1) is 0 Å². The average Bonchev–Trinajstić information content (AvgIpc) is 2.66. The van der Waals surface area contributed by atoms with E-state index in [1.807, 2.05) is 13.8 Å². The standard InChI is InChI=1S/2C11H16.C2H6/c2*1-2-3-5-8-11-9-6-4-7-10-11;1-2/h2*4,6-7,9-10H,2-3,5,8H2,1H3;1-2H3. The van der Waals surface area contributed by atoms with Gasteiger partial charge in [-0.05, 0) is 36.8 Å². The highest BCUT2D eigenvalue weighted by atomic mass is 14.0. The summed E-state index contributed by atoms with van der Waals surface area (Å²) in [5.41, 5.74) is 2.95. The third kappa shape index (κ3) is 12.9. The lowest BCUT2D eigenvalue weighted by Crippen LogP contribution is -1.83. The molecule has 0 aliphatic rings. The van der Waals surface area contributed by atoms with Crippen molar-refractivity contribution in [3.05, 3.63) is 71.8 Å². The molecule has 0 nitrogen and oxygen atoms in total. The molecule has 0 amide bonds. The number of hydrogen-bond donors (Lipinski definition) is 0. The van der Waals surface area contributed by atoms with Crippen LogP contribution < -0.4 is 0 Å². The molecular formula is C24H38. The lowest BCUT2D eigenvalue weighted by atomic mass is 10.1. The highest BCUT2D eigenvalue weighted by Crippen LogP contribution is 2.06. The predicted molar refractivity (Wildman–Crippen MR) is 111 cm³/mol.